The van der Waals surface area contributed by atoms with Crippen molar-refractivity contribution in [3.63, 3.8) is 0 Å². The molecule has 104 valence electrons. The first kappa shape index (κ1) is 19.1. The molecule has 1 nitrogen and oxygen atoms in total. The third kappa shape index (κ3) is 3.21. The predicted octanol–water partition coefficient (Wildman–Crippen LogP) is -2.31. The van der Waals surface area contributed by atoms with Gasteiger partial charge in [0.15, 0.2) is 0 Å². The minimum absolute atomic E-state index is 0. The van der Waals surface area contributed by atoms with Gasteiger partial charge < -0.3 is 24.8 Å². The minimum Gasteiger partial charge on any atom is -1.00 e. The quantitative estimate of drug-likeness (QED) is 0.585. The van der Waals surface area contributed by atoms with Gasteiger partial charge in [0, 0.05) is 0 Å². The van der Waals surface area contributed by atoms with Crippen LogP contribution in [0.5, 0.6) is 0 Å². The molecule has 0 saturated heterocycles. The molecule has 1 N–H and O–H groups in total. The number of aromatic amines is 1. The van der Waals surface area contributed by atoms with Crippen molar-refractivity contribution in [2.24, 2.45) is 5.41 Å². The van der Waals surface area contributed by atoms with E-state index in [-0.39, 0.29) is 49.4 Å². The van der Waals surface area contributed by atoms with Crippen LogP contribution in [0.15, 0.2) is 32.9 Å². The molecule has 0 fully saturated rings. The molecule has 2 rings (SSSR count). The summed E-state index contributed by atoms with van der Waals surface area (Å²) >= 11 is -0.214. The van der Waals surface area contributed by atoms with E-state index in [1.54, 1.807) is 15.0 Å². The monoisotopic (exact) mass is 333 g/mol. The Labute approximate surface area is 138 Å². The van der Waals surface area contributed by atoms with Gasteiger partial charge in [0.25, 0.3) is 0 Å². The SMILES string of the molecule is CC1=C(C)C(C)(C)[C]([Ti+2][c]2[nH]ccc2C)=C1C.[Cl-].[Cl-]. The average molecular weight is 334 g/mol. The Kier molecular flexibility index (Phi) is 6.69. The van der Waals surface area contributed by atoms with E-state index < -0.39 is 0 Å². The van der Waals surface area contributed by atoms with E-state index in [1.807, 2.05) is 0 Å². The Morgan fingerprint density at radius 3 is 1.95 bits per heavy atom. The van der Waals surface area contributed by atoms with E-state index in [0.29, 0.717) is 0 Å². The second-order valence-corrected chi connectivity index (χ2v) is 7.49. The molecule has 0 amide bonds. The summed E-state index contributed by atoms with van der Waals surface area (Å²) in [5.41, 5.74) is 6.30. The van der Waals surface area contributed by atoms with Crippen LogP contribution in [0.4, 0.5) is 0 Å². The average Bonchev–Trinajstić information content (AvgIpc) is 2.73. The van der Waals surface area contributed by atoms with Gasteiger partial charge in [0.1, 0.15) is 0 Å². The van der Waals surface area contributed by atoms with Crippen molar-refractivity contribution in [1.82, 2.24) is 4.98 Å². The predicted molar refractivity (Wildman–Crippen MR) is 70.0 cm³/mol. The molecule has 1 aliphatic carbocycles. The van der Waals surface area contributed by atoms with Crippen LogP contribution < -0.4 is 28.8 Å². The number of aryl methyl sites for hydroxylation is 1. The molecular formula is C15H21Cl2NTi. The van der Waals surface area contributed by atoms with Crippen molar-refractivity contribution >= 4 is 4.00 Å². The maximum Gasteiger partial charge on any atom is -1.00 e. The first-order valence-electron chi connectivity index (χ1n) is 6.16. The first-order valence-corrected chi connectivity index (χ1v) is 7.72. The van der Waals surface area contributed by atoms with E-state index in [1.165, 1.54) is 15.1 Å². The molecule has 19 heavy (non-hydrogen) atoms. The molecule has 1 aliphatic rings. The molecule has 0 radical (unpaired) electrons. The van der Waals surface area contributed by atoms with Crippen molar-refractivity contribution < 1.29 is 44.0 Å². The van der Waals surface area contributed by atoms with Crippen LogP contribution >= 0.6 is 0 Å². The smallest absolute Gasteiger partial charge is 1.00 e. The van der Waals surface area contributed by atoms with Crippen LogP contribution in [0, 0.1) is 12.3 Å². The van der Waals surface area contributed by atoms with Crippen LogP contribution in [-0.4, -0.2) is 4.98 Å². The fourth-order valence-corrected chi connectivity index (χ4v) is 4.99. The van der Waals surface area contributed by atoms with Crippen LogP contribution in [0.1, 0.15) is 40.2 Å². The summed E-state index contributed by atoms with van der Waals surface area (Å²) in [4.78, 5) is 3.42. The first-order chi connectivity index (χ1) is 7.85. The molecule has 1 aromatic rings. The van der Waals surface area contributed by atoms with Gasteiger partial charge >= 0.3 is 114 Å². The number of H-pyrrole nitrogens is 1. The van der Waals surface area contributed by atoms with Gasteiger partial charge in [0.05, 0.1) is 0 Å². The standard InChI is InChI=1S/C10H15.C5H6N.2ClH.Ti/c1-7-6-10(4,5)9(3)8(7)2;1-5-2-3-6-4-5;;;/h1-5H3;2-3,6H,1H3;2*1H;/q;;;;+2/p-2. The fraction of sp³-hybridized carbons (Fsp3) is 0.467. The number of allylic oxidation sites excluding steroid dienone is 4. The maximum atomic E-state index is 3.42. The topological polar surface area (TPSA) is 15.8 Å². The molecule has 0 spiro atoms. The molecule has 1 heterocycles. The zero-order valence-electron chi connectivity index (χ0n) is 12.4. The van der Waals surface area contributed by atoms with Gasteiger partial charge in [-0.15, -0.1) is 0 Å². The summed E-state index contributed by atoms with van der Waals surface area (Å²) in [5, 5.41) is 0. The second-order valence-electron chi connectivity index (χ2n) is 5.54. The number of hydrogen-bond donors (Lipinski definition) is 1. The maximum absolute atomic E-state index is 3.42. The number of halogens is 2. The van der Waals surface area contributed by atoms with Gasteiger partial charge in [-0.1, -0.05) is 0 Å². The number of hydrogen-bond acceptors (Lipinski definition) is 0. The molecule has 0 aromatic carbocycles. The summed E-state index contributed by atoms with van der Waals surface area (Å²) in [7, 11) is 0. The van der Waals surface area contributed by atoms with E-state index in [0.717, 1.165) is 0 Å². The summed E-state index contributed by atoms with van der Waals surface area (Å²) in [6, 6.07) is 2.18. The summed E-state index contributed by atoms with van der Waals surface area (Å²) < 4.78 is 3.17. The van der Waals surface area contributed by atoms with Gasteiger partial charge in [0.2, 0.25) is 0 Å². The molecule has 0 bridgehead atoms. The molecule has 4 heteroatoms. The summed E-state index contributed by atoms with van der Waals surface area (Å²) in [6.07, 6.45) is 2.07. The van der Waals surface area contributed by atoms with Gasteiger partial charge in [-0.3, -0.25) is 0 Å². The zero-order valence-corrected chi connectivity index (χ0v) is 15.5. The largest absolute Gasteiger partial charge is 1.00 e. The number of rotatable bonds is 2. The number of aromatic nitrogens is 1. The summed E-state index contributed by atoms with van der Waals surface area (Å²) in [6.45, 7) is 13.8. The van der Waals surface area contributed by atoms with Gasteiger partial charge in [-0.05, 0) is 0 Å². The summed E-state index contributed by atoms with van der Waals surface area (Å²) in [5.74, 6) is 0. The van der Waals surface area contributed by atoms with E-state index in [9.17, 15) is 0 Å². The van der Waals surface area contributed by atoms with Gasteiger partial charge in [-0.25, -0.2) is 0 Å². The Hall–Kier alpha value is 0.0543. The zero-order chi connectivity index (χ0) is 12.8. The second kappa shape index (κ2) is 6.67. The normalized spacial score (nSPS) is 16.9. The van der Waals surface area contributed by atoms with Gasteiger partial charge in [-0.2, -0.15) is 0 Å². The van der Waals surface area contributed by atoms with Crippen LogP contribution in [-0.2, 0) is 19.2 Å². The molecule has 0 unspecified atom stereocenters. The van der Waals surface area contributed by atoms with Crippen molar-refractivity contribution in [2.45, 2.75) is 41.5 Å². The van der Waals surface area contributed by atoms with Crippen LogP contribution in [0.3, 0.4) is 0 Å². The van der Waals surface area contributed by atoms with E-state index in [2.05, 4.69) is 58.8 Å². The van der Waals surface area contributed by atoms with Crippen molar-refractivity contribution in [1.29, 1.82) is 0 Å². The Balaban J connectivity index is 0.00000162. The fourth-order valence-electron chi connectivity index (χ4n) is 2.55. The Bertz CT molecular complexity index is 524. The van der Waals surface area contributed by atoms with Crippen LogP contribution in [0.2, 0.25) is 0 Å². The molecular weight excluding hydrogens is 313 g/mol. The third-order valence-electron chi connectivity index (χ3n) is 4.27. The molecule has 0 atom stereocenters. The molecule has 1 aromatic heterocycles. The van der Waals surface area contributed by atoms with E-state index in [4.69, 9.17) is 0 Å². The molecule has 0 aliphatic heterocycles. The van der Waals surface area contributed by atoms with Crippen LogP contribution in [0.25, 0.3) is 0 Å². The van der Waals surface area contributed by atoms with Crippen molar-refractivity contribution in [3.8, 4) is 0 Å². The third-order valence-corrected chi connectivity index (χ3v) is 7.45. The minimum atomic E-state index is -0.214. The molecule has 0 saturated carbocycles. The van der Waals surface area contributed by atoms with Crippen molar-refractivity contribution in [3.05, 3.63) is 38.4 Å². The Morgan fingerprint density at radius 2 is 1.58 bits per heavy atom. The van der Waals surface area contributed by atoms with E-state index >= 15 is 0 Å². The van der Waals surface area contributed by atoms with Crippen molar-refractivity contribution in [2.75, 3.05) is 0 Å². The Morgan fingerprint density at radius 1 is 1.00 bits per heavy atom. The number of nitrogens with one attached hydrogen (secondary N) is 1.